The molecule has 0 heterocycles. The number of unbranched alkanes of at least 4 members (excludes halogenated alkanes) is 1. The Morgan fingerprint density at radius 3 is 2.05 bits per heavy atom. The number of hydrogen-bond donors (Lipinski definition) is 2. The normalized spacial score (nSPS) is 14.6. The molecule has 0 saturated carbocycles. The van der Waals surface area contributed by atoms with Gasteiger partial charge in [0.05, 0.1) is 6.42 Å². The summed E-state index contributed by atoms with van der Waals surface area (Å²) in [6.45, 7) is 5.87. The predicted octanol–water partition coefficient (Wildman–Crippen LogP) is 2.26. The third-order valence-corrected chi connectivity index (χ3v) is 4.74. The van der Waals surface area contributed by atoms with E-state index in [9.17, 15) is 18.0 Å². The SMILES string of the molecule is CCCCC(OC(=O)C(CC(=O)O)S(=O)(=O)O)C(CC)CC. The summed E-state index contributed by atoms with van der Waals surface area (Å²) in [6.07, 6.45) is 2.32. The Bertz CT molecular complexity index is 454. The first-order chi connectivity index (χ1) is 10.2. The molecule has 0 aliphatic carbocycles. The second kappa shape index (κ2) is 9.78. The molecular formula is C14H26O7S. The highest BCUT2D eigenvalue weighted by atomic mass is 32.2. The molecule has 0 bridgehead atoms. The number of hydrogen-bond acceptors (Lipinski definition) is 5. The van der Waals surface area contributed by atoms with Crippen LogP contribution in [-0.2, 0) is 24.4 Å². The average molecular weight is 338 g/mol. The van der Waals surface area contributed by atoms with E-state index < -0.39 is 39.8 Å². The lowest BCUT2D eigenvalue weighted by molar-refractivity contribution is -0.154. The smallest absolute Gasteiger partial charge is 0.327 e. The maximum absolute atomic E-state index is 12.0. The van der Waals surface area contributed by atoms with Gasteiger partial charge in [-0.25, -0.2) is 0 Å². The van der Waals surface area contributed by atoms with Gasteiger partial charge in [-0.2, -0.15) is 8.42 Å². The van der Waals surface area contributed by atoms with Gasteiger partial charge in [0.1, 0.15) is 6.10 Å². The Labute approximate surface area is 131 Å². The molecule has 0 aromatic carbocycles. The number of carboxylic acids is 1. The highest BCUT2D eigenvalue weighted by Gasteiger charge is 2.37. The quantitative estimate of drug-likeness (QED) is 0.438. The summed E-state index contributed by atoms with van der Waals surface area (Å²) < 4.78 is 36.7. The molecule has 2 atom stereocenters. The van der Waals surface area contributed by atoms with Crippen LogP contribution in [0.4, 0.5) is 0 Å². The van der Waals surface area contributed by atoms with E-state index in [0.717, 1.165) is 25.7 Å². The van der Waals surface area contributed by atoms with E-state index in [-0.39, 0.29) is 5.92 Å². The number of aliphatic carboxylic acids is 1. The zero-order valence-corrected chi connectivity index (χ0v) is 14.1. The number of carbonyl (C=O) groups excluding carboxylic acids is 1. The van der Waals surface area contributed by atoms with Crippen molar-refractivity contribution in [2.75, 3.05) is 0 Å². The molecule has 0 saturated heterocycles. The zero-order chi connectivity index (χ0) is 17.3. The highest BCUT2D eigenvalue weighted by molar-refractivity contribution is 7.87. The number of carbonyl (C=O) groups is 2. The fraction of sp³-hybridized carbons (Fsp3) is 0.857. The molecule has 0 fully saturated rings. The van der Waals surface area contributed by atoms with Gasteiger partial charge >= 0.3 is 11.9 Å². The lowest BCUT2D eigenvalue weighted by Gasteiger charge is -2.26. The minimum atomic E-state index is -4.82. The van der Waals surface area contributed by atoms with Gasteiger partial charge in [0.2, 0.25) is 0 Å². The Balaban J connectivity index is 5.13. The van der Waals surface area contributed by atoms with Crippen LogP contribution >= 0.6 is 0 Å². The molecule has 22 heavy (non-hydrogen) atoms. The first kappa shape index (κ1) is 20.9. The molecule has 130 valence electrons. The minimum Gasteiger partial charge on any atom is -0.481 e. The van der Waals surface area contributed by atoms with Gasteiger partial charge in [0, 0.05) is 0 Å². The standard InChI is InChI=1S/C14H26O7S/c1-4-7-8-11(10(5-2)6-3)21-14(17)12(9-13(15)16)22(18,19)20/h10-12H,4-9H2,1-3H3,(H,15,16)(H,18,19,20). The number of esters is 1. The molecule has 0 aromatic rings. The summed E-state index contributed by atoms with van der Waals surface area (Å²) in [5.74, 6) is -2.62. The van der Waals surface area contributed by atoms with Gasteiger partial charge in [0.25, 0.3) is 10.1 Å². The van der Waals surface area contributed by atoms with E-state index in [4.69, 9.17) is 14.4 Å². The van der Waals surface area contributed by atoms with Crippen molar-refractivity contribution in [1.29, 1.82) is 0 Å². The van der Waals surface area contributed by atoms with Gasteiger partial charge in [-0.3, -0.25) is 14.1 Å². The van der Waals surface area contributed by atoms with Gasteiger partial charge in [-0.15, -0.1) is 0 Å². The minimum absolute atomic E-state index is 0.0716. The Kier molecular flexibility index (Phi) is 9.27. The fourth-order valence-corrected chi connectivity index (χ4v) is 2.96. The van der Waals surface area contributed by atoms with E-state index in [1.807, 2.05) is 20.8 Å². The van der Waals surface area contributed by atoms with Crippen molar-refractivity contribution >= 4 is 22.1 Å². The first-order valence-corrected chi connectivity index (χ1v) is 9.06. The van der Waals surface area contributed by atoms with Crippen molar-refractivity contribution in [3.63, 3.8) is 0 Å². The van der Waals surface area contributed by atoms with Crippen LogP contribution < -0.4 is 0 Å². The maximum Gasteiger partial charge on any atom is 0.327 e. The van der Waals surface area contributed by atoms with Crippen LogP contribution in [0.25, 0.3) is 0 Å². The molecule has 0 amide bonds. The third-order valence-electron chi connectivity index (χ3n) is 3.67. The monoisotopic (exact) mass is 338 g/mol. The molecule has 2 N–H and O–H groups in total. The molecule has 8 heteroatoms. The summed E-state index contributed by atoms with van der Waals surface area (Å²) in [5, 5.41) is 6.61. The fourth-order valence-electron chi connectivity index (χ4n) is 2.30. The molecule has 7 nitrogen and oxygen atoms in total. The van der Waals surface area contributed by atoms with Crippen molar-refractivity contribution < 1.29 is 32.4 Å². The topological polar surface area (TPSA) is 118 Å². The Morgan fingerprint density at radius 1 is 1.14 bits per heavy atom. The van der Waals surface area contributed by atoms with Crippen LogP contribution in [0.1, 0.15) is 59.3 Å². The van der Waals surface area contributed by atoms with E-state index in [1.54, 1.807) is 0 Å². The summed E-state index contributed by atoms with van der Waals surface area (Å²) in [5.41, 5.74) is 0. The average Bonchev–Trinajstić information content (AvgIpc) is 2.41. The van der Waals surface area contributed by atoms with Crippen molar-refractivity contribution in [3.05, 3.63) is 0 Å². The van der Waals surface area contributed by atoms with Gasteiger partial charge < -0.3 is 9.84 Å². The second-order valence-electron chi connectivity index (χ2n) is 5.30. The zero-order valence-electron chi connectivity index (χ0n) is 13.3. The largest absolute Gasteiger partial charge is 0.481 e. The molecule has 0 aromatic heterocycles. The van der Waals surface area contributed by atoms with E-state index in [0.29, 0.717) is 6.42 Å². The van der Waals surface area contributed by atoms with Gasteiger partial charge in [-0.1, -0.05) is 33.6 Å². The van der Waals surface area contributed by atoms with Gasteiger partial charge in [-0.05, 0) is 25.2 Å². The highest BCUT2D eigenvalue weighted by Crippen LogP contribution is 2.23. The number of ether oxygens (including phenoxy) is 1. The second-order valence-corrected chi connectivity index (χ2v) is 6.89. The molecular weight excluding hydrogens is 312 g/mol. The van der Waals surface area contributed by atoms with Crippen LogP contribution in [0.15, 0.2) is 0 Å². The summed E-state index contributed by atoms with van der Waals surface area (Å²) in [7, 11) is -4.82. The van der Waals surface area contributed by atoms with Crippen LogP contribution in [0.3, 0.4) is 0 Å². The molecule has 0 aliphatic rings. The molecule has 0 radical (unpaired) electrons. The summed E-state index contributed by atoms with van der Waals surface area (Å²) >= 11 is 0. The summed E-state index contributed by atoms with van der Waals surface area (Å²) in [6, 6.07) is 0. The predicted molar refractivity (Wildman–Crippen MR) is 81.1 cm³/mol. The maximum atomic E-state index is 12.0. The third kappa shape index (κ3) is 7.22. The van der Waals surface area contributed by atoms with Crippen molar-refractivity contribution in [3.8, 4) is 0 Å². The lowest BCUT2D eigenvalue weighted by Crippen LogP contribution is -2.38. The molecule has 0 spiro atoms. The Hall–Kier alpha value is -1.15. The van der Waals surface area contributed by atoms with E-state index >= 15 is 0 Å². The van der Waals surface area contributed by atoms with Crippen LogP contribution in [-0.4, -0.2) is 41.4 Å². The first-order valence-electron chi connectivity index (χ1n) is 7.55. The van der Waals surface area contributed by atoms with Crippen LogP contribution in [0, 0.1) is 5.92 Å². The molecule has 2 unspecified atom stereocenters. The summed E-state index contributed by atoms with van der Waals surface area (Å²) in [4.78, 5) is 22.7. The van der Waals surface area contributed by atoms with Gasteiger partial charge in [0.15, 0.2) is 5.25 Å². The van der Waals surface area contributed by atoms with Crippen LogP contribution in [0.5, 0.6) is 0 Å². The molecule has 0 aliphatic heterocycles. The lowest BCUT2D eigenvalue weighted by atomic mass is 9.93. The van der Waals surface area contributed by atoms with Crippen molar-refractivity contribution in [1.82, 2.24) is 0 Å². The van der Waals surface area contributed by atoms with Crippen LogP contribution in [0.2, 0.25) is 0 Å². The van der Waals surface area contributed by atoms with E-state index in [2.05, 4.69) is 0 Å². The molecule has 0 rings (SSSR count). The van der Waals surface area contributed by atoms with Crippen molar-refractivity contribution in [2.45, 2.75) is 70.7 Å². The number of rotatable bonds is 11. The number of carboxylic acid groups (broad SMARTS) is 1. The van der Waals surface area contributed by atoms with Crippen molar-refractivity contribution in [2.24, 2.45) is 5.92 Å². The van der Waals surface area contributed by atoms with E-state index in [1.165, 1.54) is 0 Å². The Morgan fingerprint density at radius 2 is 1.68 bits per heavy atom.